The lowest BCUT2D eigenvalue weighted by atomic mass is 10.0. The normalized spacial score (nSPS) is 11.0. The number of rotatable bonds is 9. The maximum atomic E-state index is 6.19. The molecule has 0 saturated heterocycles. The highest BCUT2D eigenvalue weighted by Gasteiger charge is 2.08. The van der Waals surface area contributed by atoms with Crippen molar-refractivity contribution in [2.45, 2.75) is 13.2 Å². The van der Waals surface area contributed by atoms with Gasteiger partial charge in [0.25, 0.3) is 0 Å². The van der Waals surface area contributed by atoms with E-state index in [2.05, 4.69) is 75.6 Å². The van der Waals surface area contributed by atoms with Crippen molar-refractivity contribution in [3.05, 3.63) is 99.1 Å². The van der Waals surface area contributed by atoms with E-state index in [1.54, 1.807) is 14.2 Å². The molecule has 168 valence electrons. The molecule has 0 unspecified atom stereocenters. The summed E-state index contributed by atoms with van der Waals surface area (Å²) < 4.78 is 18.1. The van der Waals surface area contributed by atoms with Crippen molar-refractivity contribution in [2.75, 3.05) is 14.2 Å². The Labute approximate surface area is 207 Å². The highest BCUT2D eigenvalue weighted by Crippen LogP contribution is 2.28. The van der Waals surface area contributed by atoms with Crippen LogP contribution < -0.4 is 19.6 Å². The van der Waals surface area contributed by atoms with Crippen LogP contribution in [-0.4, -0.2) is 20.4 Å². The molecule has 4 aromatic carbocycles. The summed E-state index contributed by atoms with van der Waals surface area (Å²) in [4.78, 5) is 0. The zero-order chi connectivity index (χ0) is 23.0. The van der Waals surface area contributed by atoms with Crippen LogP contribution in [0.15, 0.2) is 84.0 Å². The van der Waals surface area contributed by atoms with Crippen LogP contribution in [0.5, 0.6) is 17.2 Å². The summed E-state index contributed by atoms with van der Waals surface area (Å²) >= 11 is 2.30. The second-order valence-electron chi connectivity index (χ2n) is 7.40. The number of fused-ring (bicyclic) bond motifs is 1. The van der Waals surface area contributed by atoms with Gasteiger partial charge >= 0.3 is 0 Å². The van der Waals surface area contributed by atoms with E-state index in [9.17, 15) is 0 Å². The molecular formula is C27H25IN2O3. The molecule has 0 aromatic heterocycles. The number of benzene rings is 4. The van der Waals surface area contributed by atoms with Gasteiger partial charge < -0.3 is 19.6 Å². The smallest absolute Gasteiger partial charge is 0.161 e. The SMILES string of the molecule is COc1ccc(CN/N=C/c2c(OCc3ccc(I)cc3)ccc3ccccc23)cc1OC. The predicted octanol–water partition coefficient (Wildman–Crippen LogP) is 6.16. The van der Waals surface area contributed by atoms with Crippen LogP contribution in [-0.2, 0) is 13.2 Å². The van der Waals surface area contributed by atoms with Crippen LogP contribution in [0.4, 0.5) is 0 Å². The lowest BCUT2D eigenvalue weighted by molar-refractivity contribution is 0.306. The molecule has 4 aromatic rings. The summed E-state index contributed by atoms with van der Waals surface area (Å²) in [5.41, 5.74) is 6.23. The van der Waals surface area contributed by atoms with E-state index in [1.165, 1.54) is 3.57 Å². The van der Waals surface area contributed by atoms with Gasteiger partial charge in [0.05, 0.1) is 27.0 Å². The van der Waals surface area contributed by atoms with E-state index in [4.69, 9.17) is 14.2 Å². The maximum absolute atomic E-state index is 6.19. The second kappa shape index (κ2) is 11.0. The minimum absolute atomic E-state index is 0.495. The van der Waals surface area contributed by atoms with E-state index in [0.717, 1.165) is 33.2 Å². The quantitative estimate of drug-likeness (QED) is 0.154. The average Bonchev–Trinajstić information content (AvgIpc) is 2.86. The summed E-state index contributed by atoms with van der Waals surface area (Å²) in [5.74, 6) is 2.19. The largest absolute Gasteiger partial charge is 0.493 e. The van der Waals surface area contributed by atoms with E-state index in [0.29, 0.717) is 24.7 Å². The molecule has 0 radical (unpaired) electrons. The molecule has 0 spiro atoms. The standard InChI is InChI=1S/C27H25IN2O3/c1-31-26-13-9-20(15-27(26)32-2)16-29-30-17-24-23-6-4-3-5-21(23)10-14-25(24)33-18-19-7-11-22(28)12-8-19/h3-15,17,29H,16,18H2,1-2H3/b30-17+. The number of ether oxygens (including phenoxy) is 3. The molecule has 0 heterocycles. The number of halogens is 1. The number of hydrogen-bond acceptors (Lipinski definition) is 5. The second-order valence-corrected chi connectivity index (χ2v) is 8.64. The van der Waals surface area contributed by atoms with Gasteiger partial charge in [-0.05, 0) is 74.8 Å². The van der Waals surface area contributed by atoms with Crippen molar-refractivity contribution in [3.63, 3.8) is 0 Å². The fraction of sp³-hybridized carbons (Fsp3) is 0.148. The van der Waals surface area contributed by atoms with Crippen molar-refractivity contribution in [2.24, 2.45) is 5.10 Å². The first-order valence-electron chi connectivity index (χ1n) is 10.5. The Bertz CT molecular complexity index is 1260. The van der Waals surface area contributed by atoms with Crippen molar-refractivity contribution in [1.29, 1.82) is 0 Å². The Morgan fingerprint density at radius 3 is 2.33 bits per heavy atom. The van der Waals surface area contributed by atoms with Gasteiger partial charge in [0.2, 0.25) is 0 Å². The van der Waals surface area contributed by atoms with E-state index in [-0.39, 0.29) is 0 Å². The van der Waals surface area contributed by atoms with Crippen LogP contribution in [0.3, 0.4) is 0 Å². The monoisotopic (exact) mass is 552 g/mol. The first-order chi connectivity index (χ1) is 16.2. The third-order valence-corrected chi connectivity index (χ3v) is 5.97. The van der Waals surface area contributed by atoms with Crippen LogP contribution >= 0.6 is 22.6 Å². The Morgan fingerprint density at radius 2 is 1.55 bits per heavy atom. The van der Waals surface area contributed by atoms with Gasteiger partial charge in [-0.3, -0.25) is 0 Å². The van der Waals surface area contributed by atoms with Gasteiger partial charge in [-0.2, -0.15) is 5.10 Å². The van der Waals surface area contributed by atoms with E-state index < -0.39 is 0 Å². The fourth-order valence-corrected chi connectivity index (χ4v) is 3.87. The van der Waals surface area contributed by atoms with Gasteiger partial charge in [-0.1, -0.05) is 48.5 Å². The predicted molar refractivity (Wildman–Crippen MR) is 141 cm³/mol. The molecule has 0 bridgehead atoms. The first kappa shape index (κ1) is 22.9. The number of nitrogens with zero attached hydrogens (tertiary/aromatic N) is 1. The third kappa shape index (κ3) is 5.76. The molecule has 6 heteroatoms. The van der Waals surface area contributed by atoms with Crippen LogP contribution in [0, 0.1) is 3.57 Å². The summed E-state index contributed by atoms with van der Waals surface area (Å²) in [6.07, 6.45) is 1.83. The summed E-state index contributed by atoms with van der Waals surface area (Å²) in [5, 5.41) is 6.72. The minimum atomic E-state index is 0.495. The molecule has 0 aliphatic heterocycles. The Morgan fingerprint density at radius 1 is 0.818 bits per heavy atom. The number of nitrogens with one attached hydrogen (secondary N) is 1. The van der Waals surface area contributed by atoms with Gasteiger partial charge in [0.1, 0.15) is 12.4 Å². The van der Waals surface area contributed by atoms with Crippen molar-refractivity contribution in [3.8, 4) is 17.2 Å². The maximum Gasteiger partial charge on any atom is 0.161 e. The highest BCUT2D eigenvalue weighted by atomic mass is 127. The summed E-state index contributed by atoms with van der Waals surface area (Å²) in [7, 11) is 3.26. The van der Waals surface area contributed by atoms with Crippen LogP contribution in [0.2, 0.25) is 0 Å². The molecule has 0 aliphatic carbocycles. The zero-order valence-electron chi connectivity index (χ0n) is 18.5. The Kier molecular flexibility index (Phi) is 7.67. The van der Waals surface area contributed by atoms with Crippen LogP contribution in [0.1, 0.15) is 16.7 Å². The van der Waals surface area contributed by atoms with E-state index in [1.807, 2.05) is 42.6 Å². The Hall–Kier alpha value is -3.26. The molecule has 0 atom stereocenters. The van der Waals surface area contributed by atoms with Gasteiger partial charge in [0, 0.05) is 9.13 Å². The molecular weight excluding hydrogens is 527 g/mol. The third-order valence-electron chi connectivity index (χ3n) is 5.25. The van der Waals surface area contributed by atoms with Crippen LogP contribution in [0.25, 0.3) is 10.8 Å². The molecule has 33 heavy (non-hydrogen) atoms. The molecule has 4 rings (SSSR count). The molecule has 0 aliphatic rings. The average molecular weight is 552 g/mol. The van der Waals surface area contributed by atoms with Gasteiger partial charge in [-0.15, -0.1) is 0 Å². The van der Waals surface area contributed by atoms with Gasteiger partial charge in [-0.25, -0.2) is 0 Å². The molecule has 0 fully saturated rings. The summed E-state index contributed by atoms with van der Waals surface area (Å²) in [6, 6.07) is 26.5. The Balaban J connectivity index is 1.52. The molecule has 1 N–H and O–H groups in total. The topological polar surface area (TPSA) is 52.1 Å². The lowest BCUT2D eigenvalue weighted by Crippen LogP contribution is -2.07. The number of methoxy groups -OCH3 is 2. The number of hydrogen-bond donors (Lipinski definition) is 1. The molecule has 0 amide bonds. The fourth-order valence-electron chi connectivity index (χ4n) is 3.51. The van der Waals surface area contributed by atoms with E-state index >= 15 is 0 Å². The summed E-state index contributed by atoms with van der Waals surface area (Å²) in [6.45, 7) is 1.05. The molecule has 5 nitrogen and oxygen atoms in total. The van der Waals surface area contributed by atoms with Gasteiger partial charge in [0.15, 0.2) is 11.5 Å². The lowest BCUT2D eigenvalue weighted by Gasteiger charge is -2.12. The highest BCUT2D eigenvalue weighted by molar-refractivity contribution is 14.1. The van der Waals surface area contributed by atoms with Crippen molar-refractivity contribution in [1.82, 2.24) is 5.43 Å². The minimum Gasteiger partial charge on any atom is -0.493 e. The zero-order valence-corrected chi connectivity index (χ0v) is 20.7. The number of hydrazone groups is 1. The molecule has 0 saturated carbocycles. The van der Waals surface area contributed by atoms with Crippen molar-refractivity contribution < 1.29 is 14.2 Å². The first-order valence-corrected chi connectivity index (χ1v) is 11.6. The van der Waals surface area contributed by atoms with Crippen molar-refractivity contribution >= 4 is 39.6 Å².